The second-order valence-corrected chi connectivity index (χ2v) is 9.09. The van der Waals surface area contributed by atoms with Crippen molar-refractivity contribution in [2.45, 2.75) is 46.6 Å². The van der Waals surface area contributed by atoms with Crippen LogP contribution in [0.15, 0.2) is 45.8 Å². The second kappa shape index (κ2) is 9.00. The number of hydrogen-bond acceptors (Lipinski definition) is 5. The van der Waals surface area contributed by atoms with E-state index in [4.69, 9.17) is 4.42 Å². The average Bonchev–Trinajstić information content (AvgIpc) is 3.44. The van der Waals surface area contributed by atoms with Gasteiger partial charge in [0.2, 0.25) is 5.91 Å². The molecule has 1 aliphatic rings. The lowest BCUT2D eigenvalue weighted by Gasteiger charge is -2.37. The fourth-order valence-electron chi connectivity index (χ4n) is 4.90. The number of hydrogen-bond donors (Lipinski definition) is 0. The second-order valence-electron chi connectivity index (χ2n) is 9.09. The van der Waals surface area contributed by atoms with Gasteiger partial charge in [-0.15, -0.1) is 0 Å². The maximum Gasteiger partial charge on any atom is 0.291 e. The molecule has 0 aliphatic carbocycles. The highest BCUT2D eigenvalue weighted by atomic mass is 16.3. The quantitative estimate of drug-likeness (QED) is 0.439. The van der Waals surface area contributed by atoms with Crippen molar-refractivity contribution in [3.8, 4) is 0 Å². The molecule has 1 amide bonds. The Morgan fingerprint density at radius 2 is 1.85 bits per heavy atom. The van der Waals surface area contributed by atoms with Gasteiger partial charge in [-0.05, 0) is 37.5 Å². The molecule has 8 nitrogen and oxygen atoms in total. The first-order valence-electron chi connectivity index (χ1n) is 12.0. The summed E-state index contributed by atoms with van der Waals surface area (Å²) in [6.45, 7) is 9.80. The van der Waals surface area contributed by atoms with E-state index in [0.717, 1.165) is 37.5 Å². The maximum atomic E-state index is 13.0. The molecule has 4 aromatic rings. The molecule has 178 valence electrons. The highest BCUT2D eigenvalue weighted by Gasteiger charge is 2.22. The van der Waals surface area contributed by atoms with Crippen LogP contribution in [0.4, 0.5) is 5.69 Å². The first-order valence-corrected chi connectivity index (χ1v) is 12.0. The smallest absolute Gasteiger partial charge is 0.291 e. The number of aromatic nitrogens is 3. The third-order valence-corrected chi connectivity index (χ3v) is 6.79. The van der Waals surface area contributed by atoms with E-state index in [2.05, 4.69) is 42.0 Å². The molecular weight excluding hydrogens is 430 g/mol. The molecule has 1 aliphatic heterocycles. The molecule has 1 aromatic carbocycles. The predicted molar refractivity (Wildman–Crippen MR) is 133 cm³/mol. The molecule has 4 heterocycles. The van der Waals surface area contributed by atoms with E-state index in [1.165, 1.54) is 21.5 Å². The summed E-state index contributed by atoms with van der Waals surface area (Å²) >= 11 is 0. The number of piperazine rings is 1. The van der Waals surface area contributed by atoms with Crippen molar-refractivity contribution in [1.29, 1.82) is 0 Å². The lowest BCUT2D eigenvalue weighted by molar-refractivity contribution is -0.131. The van der Waals surface area contributed by atoms with E-state index in [0.29, 0.717) is 36.9 Å². The van der Waals surface area contributed by atoms with Crippen LogP contribution in [-0.4, -0.2) is 51.2 Å². The minimum absolute atomic E-state index is 0.144. The molecule has 0 spiro atoms. The van der Waals surface area contributed by atoms with Crippen LogP contribution in [0.5, 0.6) is 0 Å². The zero-order valence-corrected chi connectivity index (χ0v) is 20.1. The Labute approximate surface area is 198 Å². The fraction of sp³-hybridized carbons (Fsp3) is 0.423. The van der Waals surface area contributed by atoms with Crippen molar-refractivity contribution in [3.63, 3.8) is 0 Å². The molecule has 3 aromatic heterocycles. The van der Waals surface area contributed by atoms with Crippen LogP contribution in [-0.2, 0) is 17.8 Å². The summed E-state index contributed by atoms with van der Waals surface area (Å²) in [6.07, 6.45) is 3.30. The first-order chi connectivity index (χ1) is 16.5. The Morgan fingerprint density at radius 1 is 1.06 bits per heavy atom. The van der Waals surface area contributed by atoms with Crippen LogP contribution < -0.4 is 10.5 Å². The minimum atomic E-state index is -0.154. The molecule has 5 rings (SSSR count). The van der Waals surface area contributed by atoms with Crippen molar-refractivity contribution in [2.75, 3.05) is 31.1 Å². The Balaban J connectivity index is 1.21. The SMILES string of the molecule is CCc1nn(CCCC(=O)N2CCN(c3cc(C)ccc3C)CC2)c(=O)c2cc3occc3n12. The molecule has 0 N–H and O–H groups in total. The molecule has 8 heteroatoms. The largest absolute Gasteiger partial charge is 0.463 e. The predicted octanol–water partition coefficient (Wildman–Crippen LogP) is 3.55. The molecule has 0 radical (unpaired) electrons. The fourth-order valence-corrected chi connectivity index (χ4v) is 4.90. The number of benzene rings is 1. The monoisotopic (exact) mass is 461 g/mol. The molecule has 0 bridgehead atoms. The van der Waals surface area contributed by atoms with Crippen LogP contribution >= 0.6 is 0 Å². The lowest BCUT2D eigenvalue weighted by Crippen LogP contribution is -2.49. The molecular formula is C26H31N5O3. The van der Waals surface area contributed by atoms with Crippen LogP contribution in [0, 0.1) is 13.8 Å². The van der Waals surface area contributed by atoms with E-state index in [9.17, 15) is 9.59 Å². The van der Waals surface area contributed by atoms with E-state index >= 15 is 0 Å². The van der Waals surface area contributed by atoms with Crippen LogP contribution in [0.2, 0.25) is 0 Å². The summed E-state index contributed by atoms with van der Waals surface area (Å²) in [5, 5.41) is 4.58. The Bertz CT molecular complexity index is 1410. The number of carbonyl (C=O) groups is 1. The van der Waals surface area contributed by atoms with E-state index in [1.807, 2.05) is 22.3 Å². The number of fused-ring (bicyclic) bond motifs is 3. The average molecular weight is 462 g/mol. The summed E-state index contributed by atoms with van der Waals surface area (Å²) in [7, 11) is 0. The number of anilines is 1. The minimum Gasteiger partial charge on any atom is -0.463 e. The zero-order valence-electron chi connectivity index (χ0n) is 20.1. The van der Waals surface area contributed by atoms with Gasteiger partial charge in [-0.2, -0.15) is 5.10 Å². The number of nitrogens with zero attached hydrogens (tertiary/aromatic N) is 5. The van der Waals surface area contributed by atoms with E-state index in [-0.39, 0.29) is 11.5 Å². The number of carbonyl (C=O) groups excluding carboxylic acids is 1. The van der Waals surface area contributed by atoms with Gasteiger partial charge in [0.1, 0.15) is 11.3 Å². The summed E-state index contributed by atoms with van der Waals surface area (Å²) in [5.74, 6) is 0.950. The lowest BCUT2D eigenvalue weighted by atomic mass is 10.1. The summed E-state index contributed by atoms with van der Waals surface area (Å²) < 4.78 is 8.85. The molecule has 1 saturated heterocycles. The Morgan fingerprint density at radius 3 is 2.62 bits per heavy atom. The third kappa shape index (κ3) is 3.97. The highest BCUT2D eigenvalue weighted by Crippen LogP contribution is 2.23. The van der Waals surface area contributed by atoms with Crippen molar-refractivity contribution in [1.82, 2.24) is 19.1 Å². The number of furan rings is 1. The van der Waals surface area contributed by atoms with Crippen molar-refractivity contribution in [2.24, 2.45) is 0 Å². The van der Waals surface area contributed by atoms with Crippen LogP contribution in [0.1, 0.15) is 36.7 Å². The highest BCUT2D eigenvalue weighted by molar-refractivity contribution is 5.82. The summed E-state index contributed by atoms with van der Waals surface area (Å²) in [5.41, 5.74) is 5.73. The molecule has 1 fully saturated rings. The number of rotatable bonds is 6. The van der Waals surface area contributed by atoms with Gasteiger partial charge in [0.25, 0.3) is 5.56 Å². The van der Waals surface area contributed by atoms with Crippen molar-refractivity contribution in [3.05, 3.63) is 63.9 Å². The number of aryl methyl sites for hydroxylation is 4. The Hall–Kier alpha value is -3.55. The van der Waals surface area contributed by atoms with Crippen molar-refractivity contribution >= 4 is 28.2 Å². The van der Waals surface area contributed by atoms with Gasteiger partial charge >= 0.3 is 0 Å². The van der Waals surface area contributed by atoms with Crippen LogP contribution in [0.3, 0.4) is 0 Å². The topological polar surface area (TPSA) is 76.0 Å². The standard InChI is InChI=1S/C26H31N5O3/c1-4-24-27-30(26(33)22-17-23-20(31(22)24)9-15-34-23)10-5-6-25(32)29-13-11-28(12-14-29)21-16-18(2)7-8-19(21)3/h7-9,15-17H,4-6,10-14H2,1-3H3. The first kappa shape index (κ1) is 22.3. The van der Waals surface area contributed by atoms with Gasteiger partial charge in [0.05, 0.1) is 11.8 Å². The van der Waals surface area contributed by atoms with Gasteiger partial charge in [0.15, 0.2) is 5.58 Å². The maximum absolute atomic E-state index is 13.0. The van der Waals surface area contributed by atoms with E-state index in [1.54, 1.807) is 12.3 Å². The zero-order chi connectivity index (χ0) is 23.8. The van der Waals surface area contributed by atoms with Gasteiger partial charge in [-0.25, -0.2) is 4.68 Å². The molecule has 0 atom stereocenters. The molecule has 0 saturated carbocycles. The molecule has 0 unspecified atom stereocenters. The van der Waals surface area contributed by atoms with E-state index < -0.39 is 0 Å². The normalized spacial score (nSPS) is 14.4. The number of amides is 1. The third-order valence-electron chi connectivity index (χ3n) is 6.79. The van der Waals surface area contributed by atoms with Gasteiger partial charge in [-0.3, -0.25) is 14.0 Å². The summed E-state index contributed by atoms with van der Waals surface area (Å²) in [4.78, 5) is 30.1. The van der Waals surface area contributed by atoms with Gasteiger partial charge in [-0.1, -0.05) is 19.1 Å². The van der Waals surface area contributed by atoms with Crippen LogP contribution in [0.25, 0.3) is 16.6 Å². The summed E-state index contributed by atoms with van der Waals surface area (Å²) in [6, 6.07) is 10.1. The van der Waals surface area contributed by atoms with Crippen molar-refractivity contribution < 1.29 is 9.21 Å². The Kier molecular flexibility index (Phi) is 5.89. The molecule has 34 heavy (non-hydrogen) atoms. The van der Waals surface area contributed by atoms with Gasteiger partial charge < -0.3 is 14.2 Å². The van der Waals surface area contributed by atoms with Gasteiger partial charge in [0, 0.05) is 63.4 Å².